The molecule has 1 unspecified atom stereocenters. The van der Waals surface area contributed by atoms with Crippen LogP contribution < -0.4 is 10.1 Å². The smallest absolute Gasteiger partial charge is 0.193 e. The molecule has 0 aliphatic carbocycles. The van der Waals surface area contributed by atoms with Gasteiger partial charge in [0.2, 0.25) is 0 Å². The van der Waals surface area contributed by atoms with E-state index in [0.29, 0.717) is 23.8 Å². The summed E-state index contributed by atoms with van der Waals surface area (Å²) >= 11 is 0. The molecule has 126 valence electrons. The van der Waals surface area contributed by atoms with E-state index in [1.807, 2.05) is 12.1 Å². The van der Waals surface area contributed by atoms with Gasteiger partial charge in [0, 0.05) is 17.2 Å². The van der Waals surface area contributed by atoms with Crippen molar-refractivity contribution in [2.75, 3.05) is 13.2 Å². The van der Waals surface area contributed by atoms with Crippen LogP contribution in [0.2, 0.25) is 0 Å². The lowest BCUT2D eigenvalue weighted by Gasteiger charge is -2.23. The van der Waals surface area contributed by atoms with Crippen LogP contribution in [-0.4, -0.2) is 25.0 Å². The molecule has 3 nitrogen and oxygen atoms in total. The Balaban J connectivity index is 1.53. The molecule has 1 fully saturated rings. The van der Waals surface area contributed by atoms with Crippen molar-refractivity contribution >= 4 is 5.78 Å². The average molecular weight is 327 g/mol. The number of rotatable bonds is 6. The highest BCUT2D eigenvalue weighted by Gasteiger charge is 2.12. The van der Waals surface area contributed by atoms with Gasteiger partial charge in [-0.15, -0.1) is 0 Å². The lowest BCUT2D eigenvalue weighted by atomic mass is 10.0. The van der Waals surface area contributed by atoms with E-state index >= 15 is 0 Å². The van der Waals surface area contributed by atoms with E-state index < -0.39 is 0 Å². The number of ketones is 1. The normalized spacial score (nSPS) is 17.5. The van der Waals surface area contributed by atoms with Gasteiger partial charge in [-0.3, -0.25) is 4.79 Å². The third kappa shape index (κ3) is 4.42. The lowest BCUT2D eigenvalue weighted by Crippen LogP contribution is -2.35. The molecule has 1 saturated heterocycles. The first-order valence-corrected chi connectivity index (χ1v) is 8.49. The Morgan fingerprint density at radius 1 is 1.04 bits per heavy atom. The Labute approximate surface area is 141 Å². The van der Waals surface area contributed by atoms with Gasteiger partial charge in [0.25, 0.3) is 0 Å². The molecule has 2 aromatic rings. The number of hydrogen-bond acceptors (Lipinski definition) is 3. The summed E-state index contributed by atoms with van der Waals surface area (Å²) in [6, 6.07) is 13.3. The molecule has 0 amide bonds. The topological polar surface area (TPSA) is 38.3 Å². The second kappa shape index (κ2) is 8.06. The zero-order chi connectivity index (χ0) is 16.8. The molecule has 0 bridgehead atoms. The molecule has 24 heavy (non-hydrogen) atoms. The quantitative estimate of drug-likeness (QED) is 0.816. The molecule has 0 aromatic heterocycles. The molecule has 0 saturated carbocycles. The summed E-state index contributed by atoms with van der Waals surface area (Å²) < 4.78 is 18.7. The van der Waals surface area contributed by atoms with Gasteiger partial charge in [-0.1, -0.05) is 6.42 Å². The molecule has 4 heteroatoms. The second-order valence-electron chi connectivity index (χ2n) is 6.14. The summed E-state index contributed by atoms with van der Waals surface area (Å²) in [4.78, 5) is 12.3. The molecule has 0 spiro atoms. The minimum absolute atomic E-state index is 0.118. The number of hydrogen-bond donors (Lipinski definition) is 1. The molecule has 1 atom stereocenters. The van der Waals surface area contributed by atoms with Crippen molar-refractivity contribution in [3.8, 4) is 5.75 Å². The van der Waals surface area contributed by atoms with E-state index in [1.165, 1.54) is 43.5 Å². The van der Waals surface area contributed by atoms with Crippen molar-refractivity contribution in [1.82, 2.24) is 5.32 Å². The molecule has 2 aromatic carbocycles. The van der Waals surface area contributed by atoms with Crippen molar-refractivity contribution in [3.05, 3.63) is 65.5 Å². The van der Waals surface area contributed by atoms with Gasteiger partial charge >= 0.3 is 0 Å². The molecular formula is C20H22FNO2. The Kier molecular flexibility index (Phi) is 5.59. The lowest BCUT2D eigenvalue weighted by molar-refractivity contribution is 0.103. The fraction of sp³-hybridized carbons (Fsp3) is 0.350. The number of carbonyl (C=O) groups excluding carboxylic acids is 1. The van der Waals surface area contributed by atoms with Crippen LogP contribution in [0.1, 0.15) is 41.6 Å². The predicted molar refractivity (Wildman–Crippen MR) is 92.0 cm³/mol. The van der Waals surface area contributed by atoms with Gasteiger partial charge in [-0.2, -0.15) is 0 Å². The van der Waals surface area contributed by atoms with Crippen LogP contribution in [0.15, 0.2) is 48.5 Å². The summed E-state index contributed by atoms with van der Waals surface area (Å²) in [5, 5.41) is 3.50. The van der Waals surface area contributed by atoms with Crippen molar-refractivity contribution < 1.29 is 13.9 Å². The first kappa shape index (κ1) is 16.7. The molecule has 1 aliphatic heterocycles. The zero-order valence-electron chi connectivity index (χ0n) is 13.6. The fourth-order valence-corrected chi connectivity index (χ4v) is 2.96. The maximum Gasteiger partial charge on any atom is 0.193 e. The SMILES string of the molecule is O=C(c1ccc(F)cc1)c1ccc(OCCC2CCCCN2)cc1. The van der Waals surface area contributed by atoms with E-state index in [9.17, 15) is 9.18 Å². The number of piperidine rings is 1. The number of nitrogens with one attached hydrogen (secondary N) is 1. The largest absolute Gasteiger partial charge is 0.494 e. The molecular weight excluding hydrogens is 305 g/mol. The maximum atomic E-state index is 12.9. The predicted octanol–water partition coefficient (Wildman–Crippen LogP) is 3.97. The molecule has 0 radical (unpaired) electrons. The average Bonchev–Trinajstić information content (AvgIpc) is 2.63. The highest BCUT2D eigenvalue weighted by molar-refractivity contribution is 6.08. The third-order valence-electron chi connectivity index (χ3n) is 4.37. The van der Waals surface area contributed by atoms with Crippen molar-refractivity contribution in [2.45, 2.75) is 31.7 Å². The van der Waals surface area contributed by atoms with Gasteiger partial charge in [-0.25, -0.2) is 4.39 Å². The first-order valence-electron chi connectivity index (χ1n) is 8.49. The minimum atomic E-state index is -0.345. The minimum Gasteiger partial charge on any atom is -0.494 e. The molecule has 3 rings (SSSR count). The van der Waals surface area contributed by atoms with Gasteiger partial charge in [0.05, 0.1) is 6.61 Å². The molecule has 1 N–H and O–H groups in total. The Morgan fingerprint density at radius 2 is 1.71 bits per heavy atom. The van der Waals surface area contributed by atoms with Crippen LogP contribution in [0.4, 0.5) is 4.39 Å². The summed E-state index contributed by atoms with van der Waals surface area (Å²) in [5.41, 5.74) is 1.05. The highest BCUT2D eigenvalue weighted by Crippen LogP contribution is 2.17. The number of halogens is 1. The van der Waals surface area contributed by atoms with Crippen molar-refractivity contribution in [2.24, 2.45) is 0 Å². The summed E-state index contributed by atoms with van der Waals surface area (Å²) in [6.07, 6.45) is 4.77. The fourth-order valence-electron chi connectivity index (χ4n) is 2.96. The summed E-state index contributed by atoms with van der Waals surface area (Å²) in [7, 11) is 0. The number of benzene rings is 2. The van der Waals surface area contributed by atoms with E-state index in [4.69, 9.17) is 4.74 Å². The Hall–Kier alpha value is -2.20. The molecule has 1 heterocycles. The van der Waals surface area contributed by atoms with Crippen LogP contribution in [0.25, 0.3) is 0 Å². The van der Waals surface area contributed by atoms with E-state index in [1.54, 1.807) is 12.1 Å². The van der Waals surface area contributed by atoms with Crippen LogP contribution in [-0.2, 0) is 0 Å². The number of carbonyl (C=O) groups is 1. The first-order chi connectivity index (χ1) is 11.7. The standard InChI is InChI=1S/C20H22FNO2/c21-17-8-4-15(5-9-17)20(23)16-6-10-19(11-7-16)24-14-12-18-3-1-2-13-22-18/h4-11,18,22H,1-3,12-14H2. The van der Waals surface area contributed by atoms with Crippen LogP contribution in [0, 0.1) is 5.82 Å². The van der Waals surface area contributed by atoms with Gasteiger partial charge in [0.1, 0.15) is 11.6 Å². The van der Waals surface area contributed by atoms with E-state index in [2.05, 4.69) is 5.32 Å². The number of ether oxygens (including phenoxy) is 1. The van der Waals surface area contributed by atoms with Crippen LogP contribution in [0.5, 0.6) is 5.75 Å². The Bertz CT molecular complexity index is 661. The van der Waals surface area contributed by atoms with Crippen LogP contribution >= 0.6 is 0 Å². The third-order valence-corrected chi connectivity index (χ3v) is 4.37. The highest BCUT2D eigenvalue weighted by atomic mass is 19.1. The van der Waals surface area contributed by atoms with E-state index in [-0.39, 0.29) is 11.6 Å². The van der Waals surface area contributed by atoms with Crippen LogP contribution in [0.3, 0.4) is 0 Å². The second-order valence-corrected chi connectivity index (χ2v) is 6.14. The zero-order valence-corrected chi connectivity index (χ0v) is 13.6. The Morgan fingerprint density at radius 3 is 2.33 bits per heavy atom. The monoisotopic (exact) mass is 327 g/mol. The van der Waals surface area contributed by atoms with Crippen molar-refractivity contribution in [1.29, 1.82) is 0 Å². The van der Waals surface area contributed by atoms with Gasteiger partial charge in [0.15, 0.2) is 5.78 Å². The van der Waals surface area contributed by atoms with Gasteiger partial charge in [-0.05, 0) is 74.3 Å². The molecule has 1 aliphatic rings. The van der Waals surface area contributed by atoms with Gasteiger partial charge < -0.3 is 10.1 Å². The van der Waals surface area contributed by atoms with E-state index in [0.717, 1.165) is 18.7 Å². The summed E-state index contributed by atoms with van der Waals surface area (Å²) in [5.74, 6) is 0.303. The summed E-state index contributed by atoms with van der Waals surface area (Å²) in [6.45, 7) is 1.77. The van der Waals surface area contributed by atoms with Crippen molar-refractivity contribution in [3.63, 3.8) is 0 Å². The maximum absolute atomic E-state index is 12.9.